The Labute approximate surface area is 73.6 Å². The molecular weight excluding hydrogens is 170 g/mol. The third-order valence-electron chi connectivity index (χ3n) is 1.70. The van der Waals surface area contributed by atoms with Gasteiger partial charge in [0.1, 0.15) is 0 Å². The van der Waals surface area contributed by atoms with Crippen molar-refractivity contribution < 1.29 is 0 Å². The number of fused-ring (bicyclic) bond motifs is 1. The van der Waals surface area contributed by atoms with Crippen LogP contribution in [0.25, 0.3) is 5.78 Å². The average molecular weight is 179 g/mol. The first-order chi connectivity index (χ1) is 6.33. The lowest BCUT2D eigenvalue weighted by Gasteiger charge is -1.90. The maximum Gasteiger partial charge on any atom is 0.351 e. The third-order valence-corrected chi connectivity index (χ3v) is 1.70. The molecule has 2 N–H and O–H groups in total. The third kappa shape index (κ3) is 1.20. The van der Waals surface area contributed by atoms with Gasteiger partial charge in [0.05, 0.1) is 6.54 Å². The van der Waals surface area contributed by atoms with Crippen molar-refractivity contribution in [3.63, 3.8) is 0 Å². The molecule has 6 nitrogen and oxygen atoms in total. The maximum absolute atomic E-state index is 11.5. The molecule has 0 atom stereocenters. The number of nitrogens with zero attached hydrogens (tertiary/aromatic N) is 4. The Morgan fingerprint density at radius 2 is 2.38 bits per heavy atom. The zero-order chi connectivity index (χ0) is 9.26. The lowest BCUT2D eigenvalue weighted by Crippen LogP contribution is -2.24. The highest BCUT2D eigenvalue weighted by Gasteiger charge is 2.04. The topological polar surface area (TPSA) is 78.2 Å². The number of aromatic nitrogens is 4. The predicted molar refractivity (Wildman–Crippen MR) is 46.3 cm³/mol. The first kappa shape index (κ1) is 7.93. The lowest BCUT2D eigenvalue weighted by atomic mass is 10.6. The molecule has 0 radical (unpaired) electrons. The lowest BCUT2D eigenvalue weighted by molar-refractivity contribution is 0.602. The van der Waals surface area contributed by atoms with Gasteiger partial charge in [-0.05, 0) is 6.07 Å². The van der Waals surface area contributed by atoms with Gasteiger partial charge in [-0.25, -0.2) is 18.9 Å². The molecule has 0 fully saturated rings. The highest BCUT2D eigenvalue weighted by atomic mass is 16.2. The molecule has 2 heterocycles. The van der Waals surface area contributed by atoms with Crippen molar-refractivity contribution in [2.75, 3.05) is 6.54 Å². The SMILES string of the molecule is NCCn1nc2ncccn2c1=O. The van der Waals surface area contributed by atoms with E-state index in [2.05, 4.69) is 10.1 Å². The van der Waals surface area contributed by atoms with Crippen molar-refractivity contribution >= 4 is 5.78 Å². The molecule has 0 aliphatic heterocycles. The normalized spacial score (nSPS) is 10.8. The molecule has 0 aliphatic carbocycles. The van der Waals surface area contributed by atoms with E-state index >= 15 is 0 Å². The molecule has 2 aromatic heterocycles. The van der Waals surface area contributed by atoms with Crippen LogP contribution in [0.5, 0.6) is 0 Å². The highest BCUT2D eigenvalue weighted by Crippen LogP contribution is 1.88. The summed E-state index contributed by atoms with van der Waals surface area (Å²) in [5.41, 5.74) is 5.12. The summed E-state index contributed by atoms with van der Waals surface area (Å²) in [6.45, 7) is 0.811. The van der Waals surface area contributed by atoms with Gasteiger partial charge < -0.3 is 5.73 Å². The molecule has 0 aromatic carbocycles. The minimum Gasteiger partial charge on any atom is -0.329 e. The molecule has 0 saturated heterocycles. The maximum atomic E-state index is 11.5. The summed E-state index contributed by atoms with van der Waals surface area (Å²) in [7, 11) is 0. The average Bonchev–Trinajstić information content (AvgIpc) is 2.46. The van der Waals surface area contributed by atoms with Crippen molar-refractivity contribution in [1.29, 1.82) is 0 Å². The number of nitrogens with two attached hydrogens (primary N) is 1. The molecule has 0 unspecified atom stereocenters. The van der Waals surface area contributed by atoms with Crippen LogP contribution >= 0.6 is 0 Å². The van der Waals surface area contributed by atoms with Gasteiger partial charge in [0, 0.05) is 18.9 Å². The van der Waals surface area contributed by atoms with Crippen molar-refractivity contribution in [2.24, 2.45) is 5.73 Å². The summed E-state index contributed by atoms with van der Waals surface area (Å²) < 4.78 is 2.69. The van der Waals surface area contributed by atoms with Crippen LogP contribution in [0.2, 0.25) is 0 Å². The van der Waals surface area contributed by atoms with E-state index < -0.39 is 0 Å². The van der Waals surface area contributed by atoms with Crippen LogP contribution in [0.15, 0.2) is 23.3 Å². The predicted octanol–water partition coefficient (Wildman–Crippen LogP) is -1.15. The summed E-state index contributed by atoms with van der Waals surface area (Å²) in [5, 5.41) is 3.98. The Balaban J connectivity index is 2.67. The van der Waals surface area contributed by atoms with E-state index in [4.69, 9.17) is 5.73 Å². The Morgan fingerprint density at radius 3 is 3.08 bits per heavy atom. The molecule has 13 heavy (non-hydrogen) atoms. The van der Waals surface area contributed by atoms with E-state index in [1.165, 1.54) is 9.08 Å². The molecule has 2 rings (SSSR count). The highest BCUT2D eigenvalue weighted by molar-refractivity contribution is 5.23. The van der Waals surface area contributed by atoms with Gasteiger partial charge in [-0.15, -0.1) is 5.10 Å². The standard InChI is InChI=1S/C7H9N5O/c8-2-5-12-7(13)11-4-1-3-9-6(11)10-12/h1,3-4H,2,5,8H2. The molecule has 0 amide bonds. The number of hydrogen-bond donors (Lipinski definition) is 1. The van der Waals surface area contributed by atoms with Crippen LogP contribution in [0, 0.1) is 0 Å². The van der Waals surface area contributed by atoms with Crippen LogP contribution in [-0.2, 0) is 6.54 Å². The van der Waals surface area contributed by atoms with Gasteiger partial charge in [0.2, 0.25) is 0 Å². The van der Waals surface area contributed by atoms with E-state index in [0.29, 0.717) is 18.9 Å². The smallest absolute Gasteiger partial charge is 0.329 e. The number of hydrogen-bond acceptors (Lipinski definition) is 4. The largest absolute Gasteiger partial charge is 0.351 e. The molecule has 0 spiro atoms. The molecule has 2 aromatic rings. The fraction of sp³-hybridized carbons (Fsp3) is 0.286. The fourth-order valence-electron chi connectivity index (χ4n) is 1.13. The van der Waals surface area contributed by atoms with E-state index in [9.17, 15) is 4.79 Å². The molecule has 0 bridgehead atoms. The first-order valence-corrected chi connectivity index (χ1v) is 3.93. The fourth-order valence-corrected chi connectivity index (χ4v) is 1.13. The van der Waals surface area contributed by atoms with Crippen LogP contribution in [0.3, 0.4) is 0 Å². The van der Waals surface area contributed by atoms with Crippen molar-refractivity contribution in [3.8, 4) is 0 Å². The Hall–Kier alpha value is -1.69. The quantitative estimate of drug-likeness (QED) is 0.631. The van der Waals surface area contributed by atoms with Gasteiger partial charge in [0.25, 0.3) is 5.78 Å². The van der Waals surface area contributed by atoms with Crippen molar-refractivity contribution in [1.82, 2.24) is 19.2 Å². The van der Waals surface area contributed by atoms with Crippen LogP contribution in [0.1, 0.15) is 0 Å². The van der Waals surface area contributed by atoms with E-state index in [0.717, 1.165) is 0 Å². The van der Waals surface area contributed by atoms with E-state index in [1.807, 2.05) is 0 Å². The zero-order valence-corrected chi connectivity index (χ0v) is 6.92. The van der Waals surface area contributed by atoms with Crippen LogP contribution in [0.4, 0.5) is 0 Å². The van der Waals surface area contributed by atoms with Crippen molar-refractivity contribution in [3.05, 3.63) is 28.9 Å². The van der Waals surface area contributed by atoms with Crippen LogP contribution < -0.4 is 11.4 Å². The van der Waals surface area contributed by atoms with Crippen LogP contribution in [-0.4, -0.2) is 25.7 Å². The summed E-state index contributed by atoms with van der Waals surface area (Å²) in [6.07, 6.45) is 3.22. The summed E-state index contributed by atoms with van der Waals surface area (Å²) in [5.74, 6) is 0.404. The van der Waals surface area contributed by atoms with Gasteiger partial charge in [0.15, 0.2) is 0 Å². The second-order valence-electron chi connectivity index (χ2n) is 2.58. The zero-order valence-electron chi connectivity index (χ0n) is 6.92. The molecule has 0 aliphatic rings. The first-order valence-electron chi connectivity index (χ1n) is 3.93. The monoisotopic (exact) mass is 179 g/mol. The van der Waals surface area contributed by atoms with Gasteiger partial charge in [-0.1, -0.05) is 0 Å². The Morgan fingerprint density at radius 1 is 1.54 bits per heavy atom. The van der Waals surface area contributed by atoms with Gasteiger partial charge in [-0.2, -0.15) is 0 Å². The van der Waals surface area contributed by atoms with Gasteiger partial charge in [-0.3, -0.25) is 0 Å². The molecule has 0 saturated carbocycles. The van der Waals surface area contributed by atoms with E-state index in [-0.39, 0.29) is 5.69 Å². The summed E-state index contributed by atoms with van der Waals surface area (Å²) >= 11 is 0. The molecule has 68 valence electrons. The Bertz CT molecular complexity index is 471. The summed E-state index contributed by atoms with van der Waals surface area (Å²) in [6, 6.07) is 1.68. The minimum atomic E-state index is -0.200. The van der Waals surface area contributed by atoms with Crippen molar-refractivity contribution in [2.45, 2.75) is 6.54 Å². The number of rotatable bonds is 2. The molecular formula is C7H9N5O. The Kier molecular flexibility index (Phi) is 1.82. The molecule has 6 heteroatoms. The summed E-state index contributed by atoms with van der Waals surface area (Å²) in [4.78, 5) is 15.4. The minimum absolute atomic E-state index is 0.200. The van der Waals surface area contributed by atoms with Gasteiger partial charge >= 0.3 is 5.69 Å². The second-order valence-corrected chi connectivity index (χ2v) is 2.58. The van der Waals surface area contributed by atoms with E-state index in [1.54, 1.807) is 18.5 Å². The second kappa shape index (κ2) is 2.98.